The largest absolute Gasteiger partial charge is 0.419 e. The highest BCUT2D eigenvalue weighted by Crippen LogP contribution is 2.56. The van der Waals surface area contributed by atoms with Gasteiger partial charge in [-0.15, -0.1) is 0 Å². The van der Waals surface area contributed by atoms with E-state index >= 15 is 0 Å². The number of fused-ring (bicyclic) bond motifs is 4. The maximum Gasteiger partial charge on any atom is 0.419 e. The van der Waals surface area contributed by atoms with Gasteiger partial charge in [0.15, 0.2) is 0 Å². The van der Waals surface area contributed by atoms with Gasteiger partial charge in [0.25, 0.3) is 17.6 Å². The van der Waals surface area contributed by atoms with Gasteiger partial charge >= 0.3 is 6.18 Å². The highest BCUT2D eigenvalue weighted by atomic mass is 19.4. The first-order valence-corrected chi connectivity index (χ1v) is 12.6. The molecule has 13 heteroatoms. The lowest BCUT2D eigenvalue weighted by atomic mass is 9.52. The zero-order chi connectivity index (χ0) is 28.0. The van der Waals surface area contributed by atoms with Crippen LogP contribution in [0.1, 0.15) is 77.6 Å². The van der Waals surface area contributed by atoms with Crippen molar-refractivity contribution in [2.75, 3.05) is 6.54 Å². The Bertz CT molecular complexity index is 1440. The van der Waals surface area contributed by atoms with Crippen molar-refractivity contribution in [3.8, 4) is 0 Å². The quantitative estimate of drug-likeness (QED) is 0.435. The maximum absolute atomic E-state index is 13.6. The molecule has 3 aliphatic rings. The van der Waals surface area contributed by atoms with Gasteiger partial charge in [-0.05, 0) is 68.6 Å². The van der Waals surface area contributed by atoms with Crippen LogP contribution in [0.4, 0.5) is 17.6 Å². The van der Waals surface area contributed by atoms with Crippen molar-refractivity contribution in [3.63, 3.8) is 0 Å². The molecular weight excluding hydrogens is 520 g/mol. The number of hydrogen-bond donors (Lipinski definition) is 2. The molecule has 1 aromatic carbocycles. The predicted octanol–water partition coefficient (Wildman–Crippen LogP) is 3.87. The minimum atomic E-state index is -4.88. The molecule has 0 unspecified atom stereocenters. The van der Waals surface area contributed by atoms with E-state index in [1.54, 1.807) is 6.92 Å². The van der Waals surface area contributed by atoms with E-state index in [4.69, 9.17) is 0 Å². The summed E-state index contributed by atoms with van der Waals surface area (Å²) in [6.07, 6.45) is 1.26. The van der Waals surface area contributed by atoms with E-state index in [-0.39, 0.29) is 45.9 Å². The third-order valence-corrected chi connectivity index (χ3v) is 8.28. The van der Waals surface area contributed by atoms with Gasteiger partial charge in [-0.25, -0.2) is 9.37 Å². The second kappa shape index (κ2) is 9.69. The Hall–Kier alpha value is -3.90. The van der Waals surface area contributed by atoms with Crippen molar-refractivity contribution in [2.45, 2.75) is 58.2 Å². The Balaban J connectivity index is 1.29. The van der Waals surface area contributed by atoms with Crippen molar-refractivity contribution in [2.24, 2.45) is 10.8 Å². The summed E-state index contributed by atoms with van der Waals surface area (Å²) in [5, 5.41) is 9.40. The molecule has 39 heavy (non-hydrogen) atoms. The summed E-state index contributed by atoms with van der Waals surface area (Å²) < 4.78 is 53.8. The second-order valence-corrected chi connectivity index (χ2v) is 10.5. The Labute approximate surface area is 220 Å². The monoisotopic (exact) mass is 546 g/mol. The van der Waals surface area contributed by atoms with Crippen LogP contribution in [0.15, 0.2) is 30.6 Å². The number of halogens is 4. The minimum Gasteiger partial charge on any atom is -0.350 e. The molecule has 206 valence electrons. The van der Waals surface area contributed by atoms with Crippen LogP contribution in [-0.2, 0) is 17.5 Å². The summed E-state index contributed by atoms with van der Waals surface area (Å²) in [4.78, 5) is 46.2. The summed E-state index contributed by atoms with van der Waals surface area (Å²) >= 11 is 0. The standard InChI is InChI=1S/C26H26F4N6O3/c1-15(37)25-7-4-24(5-8-25,6-9-25)13-32-22(39)20-11-19(35-23-33-14-34-36(20)23)21(38)31-12-16-2-3-18(27)17(10-16)26(28,29)30/h2-3,10-11,14H,4-9,12-13H2,1H3,(H,31,38)(H,32,39). The zero-order valence-electron chi connectivity index (χ0n) is 21.1. The molecule has 0 aliphatic heterocycles. The molecule has 6 rings (SSSR count). The number of aromatic nitrogens is 4. The number of Topliss-reactive ketones (excluding diaryl/α,β-unsaturated/α-hetero) is 1. The second-order valence-electron chi connectivity index (χ2n) is 10.5. The number of hydrogen-bond acceptors (Lipinski definition) is 6. The minimum absolute atomic E-state index is 0.00585. The van der Waals surface area contributed by atoms with Gasteiger partial charge in [0.1, 0.15) is 29.3 Å². The predicted molar refractivity (Wildman–Crippen MR) is 129 cm³/mol. The molecule has 3 fully saturated rings. The van der Waals surface area contributed by atoms with Gasteiger partial charge in [-0.3, -0.25) is 14.4 Å². The number of benzene rings is 1. The number of nitrogens with zero attached hydrogens (tertiary/aromatic N) is 4. The van der Waals surface area contributed by atoms with E-state index in [1.165, 1.54) is 16.9 Å². The number of carbonyl (C=O) groups excluding carboxylic acids is 3. The van der Waals surface area contributed by atoms with Gasteiger partial charge in [-0.2, -0.15) is 27.8 Å². The van der Waals surface area contributed by atoms with Crippen LogP contribution in [0.2, 0.25) is 0 Å². The number of amides is 2. The molecule has 0 radical (unpaired) electrons. The summed E-state index contributed by atoms with van der Waals surface area (Å²) in [6, 6.07) is 3.68. The highest BCUT2D eigenvalue weighted by molar-refractivity contribution is 5.98. The van der Waals surface area contributed by atoms with Gasteiger partial charge in [0, 0.05) is 24.6 Å². The molecule has 9 nitrogen and oxygen atoms in total. The number of ketones is 1. The van der Waals surface area contributed by atoms with E-state index in [9.17, 15) is 31.9 Å². The third kappa shape index (κ3) is 5.09. The molecule has 3 aromatic rings. The lowest BCUT2D eigenvalue weighted by molar-refractivity contribution is -0.140. The fourth-order valence-electron chi connectivity index (χ4n) is 5.68. The molecule has 3 saturated carbocycles. The first kappa shape index (κ1) is 26.7. The van der Waals surface area contributed by atoms with E-state index in [0.29, 0.717) is 18.7 Å². The van der Waals surface area contributed by atoms with Gasteiger partial charge < -0.3 is 10.6 Å². The van der Waals surface area contributed by atoms with Crippen LogP contribution < -0.4 is 10.6 Å². The molecule has 2 bridgehead atoms. The summed E-state index contributed by atoms with van der Waals surface area (Å²) in [5.74, 6) is -2.43. The van der Waals surface area contributed by atoms with Crippen molar-refractivity contribution in [3.05, 3.63) is 58.9 Å². The molecule has 0 atom stereocenters. The molecule has 3 aliphatic carbocycles. The van der Waals surface area contributed by atoms with Crippen LogP contribution in [0.3, 0.4) is 0 Å². The molecule has 0 saturated heterocycles. The Kier molecular flexibility index (Phi) is 6.63. The maximum atomic E-state index is 13.6. The average molecular weight is 547 g/mol. The number of carbonyl (C=O) groups is 3. The Morgan fingerprint density at radius 2 is 1.69 bits per heavy atom. The molecule has 2 aromatic heterocycles. The lowest BCUT2D eigenvalue weighted by Crippen LogP contribution is -2.49. The highest BCUT2D eigenvalue weighted by Gasteiger charge is 2.50. The van der Waals surface area contributed by atoms with Gasteiger partial charge in [0.05, 0.1) is 5.56 Å². The first-order chi connectivity index (χ1) is 18.4. The smallest absolute Gasteiger partial charge is 0.350 e. The average Bonchev–Trinajstić information content (AvgIpc) is 3.40. The van der Waals surface area contributed by atoms with Crippen LogP contribution in [0.5, 0.6) is 0 Å². The van der Waals surface area contributed by atoms with Crippen molar-refractivity contribution < 1.29 is 31.9 Å². The number of alkyl halides is 3. The van der Waals surface area contributed by atoms with E-state index in [2.05, 4.69) is 25.7 Å². The van der Waals surface area contributed by atoms with Crippen LogP contribution in [-0.4, -0.2) is 43.7 Å². The molecule has 2 amide bonds. The zero-order valence-corrected chi connectivity index (χ0v) is 21.1. The van der Waals surface area contributed by atoms with Crippen LogP contribution in [0, 0.1) is 16.6 Å². The van der Waals surface area contributed by atoms with Crippen molar-refractivity contribution in [1.29, 1.82) is 0 Å². The first-order valence-electron chi connectivity index (χ1n) is 12.6. The summed E-state index contributed by atoms with van der Waals surface area (Å²) in [6.45, 7) is 1.74. The fourth-order valence-corrected chi connectivity index (χ4v) is 5.68. The summed E-state index contributed by atoms with van der Waals surface area (Å²) in [7, 11) is 0. The van der Waals surface area contributed by atoms with E-state index in [0.717, 1.165) is 44.6 Å². The Morgan fingerprint density at radius 3 is 2.33 bits per heavy atom. The van der Waals surface area contributed by atoms with Crippen molar-refractivity contribution >= 4 is 23.4 Å². The van der Waals surface area contributed by atoms with Crippen molar-refractivity contribution in [1.82, 2.24) is 30.2 Å². The topological polar surface area (TPSA) is 118 Å². The van der Waals surface area contributed by atoms with E-state index in [1.807, 2.05) is 0 Å². The number of rotatable bonds is 7. The normalized spacial score (nSPS) is 22.6. The Morgan fingerprint density at radius 1 is 1.00 bits per heavy atom. The third-order valence-electron chi connectivity index (χ3n) is 8.28. The van der Waals surface area contributed by atoms with E-state index < -0.39 is 29.4 Å². The van der Waals surface area contributed by atoms with Crippen LogP contribution >= 0.6 is 0 Å². The molecule has 2 heterocycles. The summed E-state index contributed by atoms with van der Waals surface area (Å²) in [5.41, 5.74) is -1.88. The molecule has 0 spiro atoms. The fraction of sp³-hybridized carbons (Fsp3) is 0.462. The lowest BCUT2D eigenvalue weighted by Gasteiger charge is -2.52. The van der Waals surface area contributed by atoms with Gasteiger partial charge in [-0.1, -0.05) is 6.07 Å². The number of nitrogens with one attached hydrogen (secondary N) is 2. The van der Waals surface area contributed by atoms with Crippen LogP contribution in [0.25, 0.3) is 5.78 Å². The SMILES string of the molecule is CC(=O)C12CCC(CNC(=O)c3cc(C(=O)NCc4ccc(F)c(C(F)(F)F)c4)nc4ncnn34)(CC1)CC2. The molecular formula is C26H26F4N6O3. The molecule has 2 N–H and O–H groups in total. The van der Waals surface area contributed by atoms with Gasteiger partial charge in [0.2, 0.25) is 0 Å².